The molecule has 3 heteroatoms. The first-order chi connectivity index (χ1) is 7.75. The number of nitrogens with one attached hydrogen (secondary N) is 1. The minimum Gasteiger partial charge on any atom is -0.468 e. The van der Waals surface area contributed by atoms with Gasteiger partial charge in [-0.15, -0.1) is 0 Å². The molecule has 2 heterocycles. The first-order valence-corrected chi connectivity index (χ1v) is 5.45. The van der Waals surface area contributed by atoms with E-state index < -0.39 is 0 Å². The van der Waals surface area contributed by atoms with Crippen molar-refractivity contribution in [1.82, 2.24) is 10.3 Å². The molecule has 2 rings (SSSR count). The summed E-state index contributed by atoms with van der Waals surface area (Å²) in [6, 6.07) is 10.1. The molecule has 0 saturated carbocycles. The van der Waals surface area contributed by atoms with E-state index in [1.54, 1.807) is 6.26 Å². The van der Waals surface area contributed by atoms with Crippen LogP contribution in [0.4, 0.5) is 0 Å². The van der Waals surface area contributed by atoms with Crippen molar-refractivity contribution in [3.8, 4) is 0 Å². The van der Waals surface area contributed by atoms with Gasteiger partial charge in [-0.2, -0.15) is 0 Å². The standard InChI is InChI=1S/C13H16N2O/c1-10-5-3-6-12(15-10)9-14-11(2)13-7-4-8-16-13/h3-8,11,14H,9H2,1-2H3. The van der Waals surface area contributed by atoms with Gasteiger partial charge >= 0.3 is 0 Å². The minimum atomic E-state index is 0.206. The summed E-state index contributed by atoms with van der Waals surface area (Å²) in [6.07, 6.45) is 1.69. The van der Waals surface area contributed by atoms with Gasteiger partial charge < -0.3 is 9.73 Å². The predicted octanol–water partition coefficient (Wildman–Crippen LogP) is 2.83. The Bertz CT molecular complexity index is 437. The van der Waals surface area contributed by atoms with Crippen LogP contribution in [-0.2, 0) is 6.54 Å². The molecule has 1 unspecified atom stereocenters. The summed E-state index contributed by atoms with van der Waals surface area (Å²) in [5, 5.41) is 3.37. The fraction of sp³-hybridized carbons (Fsp3) is 0.308. The Morgan fingerprint density at radius 1 is 1.31 bits per heavy atom. The van der Waals surface area contributed by atoms with Crippen LogP contribution in [0, 0.1) is 6.92 Å². The average Bonchev–Trinajstić information content (AvgIpc) is 2.79. The second-order valence-corrected chi connectivity index (χ2v) is 3.89. The maximum Gasteiger partial charge on any atom is 0.120 e. The van der Waals surface area contributed by atoms with Crippen molar-refractivity contribution >= 4 is 0 Å². The van der Waals surface area contributed by atoms with Crippen molar-refractivity contribution in [2.24, 2.45) is 0 Å². The molecule has 0 spiro atoms. The van der Waals surface area contributed by atoms with Crippen LogP contribution in [-0.4, -0.2) is 4.98 Å². The van der Waals surface area contributed by atoms with E-state index in [0.29, 0.717) is 0 Å². The second-order valence-electron chi connectivity index (χ2n) is 3.89. The Kier molecular flexibility index (Phi) is 3.37. The van der Waals surface area contributed by atoms with E-state index >= 15 is 0 Å². The molecule has 0 aromatic carbocycles. The van der Waals surface area contributed by atoms with E-state index in [4.69, 9.17) is 4.42 Å². The first-order valence-electron chi connectivity index (χ1n) is 5.45. The number of aryl methyl sites for hydroxylation is 1. The molecule has 0 aliphatic carbocycles. The maximum atomic E-state index is 5.32. The summed E-state index contributed by atoms with van der Waals surface area (Å²) >= 11 is 0. The van der Waals surface area contributed by atoms with Crippen molar-refractivity contribution in [3.63, 3.8) is 0 Å². The van der Waals surface area contributed by atoms with Crippen LogP contribution >= 0.6 is 0 Å². The Morgan fingerprint density at radius 2 is 2.19 bits per heavy atom. The summed E-state index contributed by atoms with van der Waals surface area (Å²) in [4.78, 5) is 4.43. The molecule has 0 amide bonds. The van der Waals surface area contributed by atoms with Gasteiger partial charge in [0.2, 0.25) is 0 Å². The molecule has 0 bridgehead atoms. The topological polar surface area (TPSA) is 38.1 Å². The number of furan rings is 1. The zero-order chi connectivity index (χ0) is 11.4. The molecule has 16 heavy (non-hydrogen) atoms. The van der Waals surface area contributed by atoms with Crippen molar-refractivity contribution in [3.05, 3.63) is 53.7 Å². The van der Waals surface area contributed by atoms with Gasteiger partial charge in [0.15, 0.2) is 0 Å². The van der Waals surface area contributed by atoms with E-state index in [9.17, 15) is 0 Å². The van der Waals surface area contributed by atoms with Gasteiger partial charge in [0.1, 0.15) is 5.76 Å². The van der Waals surface area contributed by atoms with E-state index in [1.165, 1.54) is 0 Å². The molecule has 1 N–H and O–H groups in total. The molecule has 0 fully saturated rings. The third-order valence-corrected chi connectivity index (χ3v) is 2.51. The van der Waals surface area contributed by atoms with E-state index in [0.717, 1.165) is 23.7 Å². The second kappa shape index (κ2) is 4.94. The van der Waals surface area contributed by atoms with E-state index in [2.05, 4.69) is 17.2 Å². The lowest BCUT2D eigenvalue weighted by molar-refractivity contribution is 0.428. The Labute approximate surface area is 95.5 Å². The van der Waals surface area contributed by atoms with Crippen molar-refractivity contribution in [2.75, 3.05) is 0 Å². The highest BCUT2D eigenvalue weighted by atomic mass is 16.3. The highest BCUT2D eigenvalue weighted by Gasteiger charge is 2.07. The SMILES string of the molecule is Cc1cccc(CNC(C)c2ccco2)n1. The third-order valence-electron chi connectivity index (χ3n) is 2.51. The van der Waals surface area contributed by atoms with Gasteiger partial charge in [-0.1, -0.05) is 6.07 Å². The summed E-state index contributed by atoms with van der Waals surface area (Å²) in [7, 11) is 0. The van der Waals surface area contributed by atoms with Gasteiger partial charge in [-0.25, -0.2) is 0 Å². The molecule has 0 saturated heterocycles. The van der Waals surface area contributed by atoms with Gasteiger partial charge in [-0.3, -0.25) is 4.98 Å². The number of pyridine rings is 1. The predicted molar refractivity (Wildman–Crippen MR) is 62.9 cm³/mol. The molecular formula is C13H16N2O. The molecule has 3 nitrogen and oxygen atoms in total. The fourth-order valence-electron chi connectivity index (χ4n) is 1.59. The highest BCUT2D eigenvalue weighted by Crippen LogP contribution is 2.12. The summed E-state index contributed by atoms with van der Waals surface area (Å²) in [6.45, 7) is 4.83. The van der Waals surface area contributed by atoms with Crippen LogP contribution in [0.15, 0.2) is 41.0 Å². The van der Waals surface area contributed by atoms with Crippen LogP contribution in [0.3, 0.4) is 0 Å². The lowest BCUT2D eigenvalue weighted by Crippen LogP contribution is -2.18. The molecule has 0 radical (unpaired) electrons. The lowest BCUT2D eigenvalue weighted by atomic mass is 10.2. The third kappa shape index (κ3) is 2.70. The molecule has 1 atom stereocenters. The van der Waals surface area contributed by atoms with Gasteiger partial charge in [0.05, 0.1) is 18.0 Å². The molecule has 84 valence electrons. The summed E-state index contributed by atoms with van der Waals surface area (Å²) < 4.78 is 5.32. The zero-order valence-electron chi connectivity index (χ0n) is 9.60. The number of nitrogens with zero attached hydrogens (tertiary/aromatic N) is 1. The quantitative estimate of drug-likeness (QED) is 0.854. The first kappa shape index (κ1) is 10.9. The fourth-order valence-corrected chi connectivity index (χ4v) is 1.59. The monoisotopic (exact) mass is 216 g/mol. The lowest BCUT2D eigenvalue weighted by Gasteiger charge is -2.10. The number of hydrogen-bond donors (Lipinski definition) is 1. The van der Waals surface area contributed by atoms with Crippen molar-refractivity contribution in [1.29, 1.82) is 0 Å². The minimum absolute atomic E-state index is 0.206. The number of aromatic nitrogens is 1. The smallest absolute Gasteiger partial charge is 0.120 e. The summed E-state index contributed by atoms with van der Waals surface area (Å²) in [5.41, 5.74) is 2.10. The van der Waals surface area contributed by atoms with E-state index in [-0.39, 0.29) is 6.04 Å². The normalized spacial score (nSPS) is 12.6. The van der Waals surface area contributed by atoms with Gasteiger partial charge in [-0.05, 0) is 38.1 Å². The number of hydrogen-bond acceptors (Lipinski definition) is 3. The van der Waals surface area contributed by atoms with Crippen molar-refractivity contribution in [2.45, 2.75) is 26.4 Å². The van der Waals surface area contributed by atoms with Gasteiger partial charge in [0.25, 0.3) is 0 Å². The largest absolute Gasteiger partial charge is 0.468 e. The van der Waals surface area contributed by atoms with Crippen LogP contribution in [0.25, 0.3) is 0 Å². The highest BCUT2D eigenvalue weighted by molar-refractivity contribution is 5.10. The molecule has 2 aromatic heterocycles. The van der Waals surface area contributed by atoms with Crippen LogP contribution in [0.5, 0.6) is 0 Å². The number of rotatable bonds is 4. The average molecular weight is 216 g/mol. The van der Waals surface area contributed by atoms with Crippen LogP contribution in [0.2, 0.25) is 0 Å². The zero-order valence-corrected chi connectivity index (χ0v) is 9.60. The van der Waals surface area contributed by atoms with Gasteiger partial charge in [0, 0.05) is 12.2 Å². The Morgan fingerprint density at radius 3 is 2.88 bits per heavy atom. The Hall–Kier alpha value is -1.61. The Balaban J connectivity index is 1.92. The van der Waals surface area contributed by atoms with Crippen molar-refractivity contribution < 1.29 is 4.42 Å². The molecule has 2 aromatic rings. The maximum absolute atomic E-state index is 5.32. The van der Waals surface area contributed by atoms with Crippen LogP contribution < -0.4 is 5.32 Å². The van der Waals surface area contributed by atoms with E-state index in [1.807, 2.05) is 37.3 Å². The molecular weight excluding hydrogens is 200 g/mol. The molecule has 0 aliphatic rings. The molecule has 0 aliphatic heterocycles. The summed E-state index contributed by atoms with van der Waals surface area (Å²) in [5.74, 6) is 0.952. The van der Waals surface area contributed by atoms with Crippen LogP contribution in [0.1, 0.15) is 30.1 Å².